The number of aryl methyl sites for hydroxylation is 1. The normalized spacial score (nSPS) is 20.1. The number of amides is 2. The maximum Gasteiger partial charge on any atom is 0.269 e. The van der Waals surface area contributed by atoms with E-state index in [4.69, 9.17) is 14.2 Å². The van der Waals surface area contributed by atoms with E-state index >= 15 is 4.79 Å². The summed E-state index contributed by atoms with van der Waals surface area (Å²) >= 11 is 0. The molecular formula is C42H46N6O8Si. The molecule has 0 unspecified atom stereocenters. The van der Waals surface area contributed by atoms with Crippen LogP contribution in [0, 0.1) is 16.0 Å². The number of nitrogens with zero attached hydrogens (tertiary/aromatic N) is 5. The lowest BCUT2D eigenvalue weighted by Gasteiger charge is -2.37. The third kappa shape index (κ3) is 7.41. The van der Waals surface area contributed by atoms with Crippen LogP contribution >= 0.6 is 0 Å². The number of carbonyl (C=O) groups is 2. The lowest BCUT2D eigenvalue weighted by atomic mass is 9.82. The second kappa shape index (κ2) is 15.9. The SMILES string of the molecule is COc1ccc(C(=O)Nc2ccc(CN3C(=O)[C@]4(O[C@H](CCn5cc(CCO)nn5)[C@@H]([Si](C)(C)c5ccc(OC)cc5)[C@@H]4C)c4cc([N+](=O)[O-])ccc43)cc2)cc1. The monoisotopic (exact) mass is 790 g/mol. The topological polar surface area (TPSA) is 171 Å². The van der Waals surface area contributed by atoms with Gasteiger partial charge in [-0.3, -0.25) is 24.4 Å². The standard InChI is InChI=1S/C42H46N6O8Si/c1-27-39(57(4,5)35-17-15-34(55-3)16-18-35)38(20-22-46-26-31(21-23-49)44-45-46)56-42(27)36-24-32(48(52)53)12-19-37(36)47(41(42)51)25-28-6-10-30(11-7-28)43-40(50)29-8-13-33(54-2)14-9-29/h6-19,24,26-27,38-39,49H,20-23,25H2,1-5H3,(H,43,50)/t27-,38+,39-,42+/m0/s1. The zero-order chi connectivity index (χ0) is 40.5. The number of fused-ring (bicyclic) bond motifs is 2. The number of methoxy groups -OCH3 is 2. The van der Waals surface area contributed by atoms with Crippen molar-refractivity contribution in [1.82, 2.24) is 15.0 Å². The maximum atomic E-state index is 15.2. The van der Waals surface area contributed by atoms with Crippen LogP contribution in [0.1, 0.15) is 40.5 Å². The second-order valence-corrected chi connectivity index (χ2v) is 19.8. The average Bonchev–Trinajstić information content (AvgIpc) is 3.87. The van der Waals surface area contributed by atoms with Gasteiger partial charge in [-0.2, -0.15) is 0 Å². The molecule has 57 heavy (non-hydrogen) atoms. The van der Waals surface area contributed by atoms with E-state index in [0.29, 0.717) is 53.3 Å². The van der Waals surface area contributed by atoms with Crippen molar-refractivity contribution in [1.29, 1.82) is 0 Å². The molecule has 1 saturated heterocycles. The molecule has 0 radical (unpaired) electrons. The van der Waals surface area contributed by atoms with E-state index in [0.717, 1.165) is 16.5 Å². The van der Waals surface area contributed by atoms with E-state index in [1.54, 1.807) is 66.3 Å². The van der Waals surface area contributed by atoms with Gasteiger partial charge in [0.25, 0.3) is 17.5 Å². The van der Waals surface area contributed by atoms with Gasteiger partial charge in [0.2, 0.25) is 0 Å². The Balaban J connectivity index is 1.22. The molecule has 1 fully saturated rings. The lowest BCUT2D eigenvalue weighted by molar-refractivity contribution is -0.385. The first-order chi connectivity index (χ1) is 27.4. The fourth-order valence-corrected chi connectivity index (χ4v) is 12.7. The van der Waals surface area contributed by atoms with Crippen LogP contribution in [0.15, 0.2) is 97.2 Å². The molecule has 7 rings (SSSR count). The Morgan fingerprint density at radius 3 is 2.30 bits per heavy atom. The van der Waals surface area contributed by atoms with Gasteiger partial charge in [-0.25, -0.2) is 0 Å². The highest BCUT2D eigenvalue weighted by molar-refractivity contribution is 6.91. The molecule has 1 aromatic heterocycles. The number of hydrogen-bond donors (Lipinski definition) is 2. The summed E-state index contributed by atoms with van der Waals surface area (Å²) in [7, 11) is 0.710. The number of carbonyl (C=O) groups excluding carboxylic acids is 2. The number of nitro groups is 1. The Hall–Kier alpha value is -5.90. The van der Waals surface area contributed by atoms with Crippen LogP contribution in [-0.2, 0) is 34.6 Å². The van der Waals surface area contributed by atoms with Crippen LogP contribution in [0.4, 0.5) is 17.1 Å². The number of nitrogens with one attached hydrogen (secondary N) is 1. The highest BCUT2D eigenvalue weighted by atomic mass is 28.3. The van der Waals surface area contributed by atoms with E-state index < -0.39 is 24.7 Å². The van der Waals surface area contributed by atoms with Gasteiger partial charge in [0.05, 0.1) is 51.2 Å². The van der Waals surface area contributed by atoms with Crippen molar-refractivity contribution >= 4 is 42.1 Å². The number of ether oxygens (including phenoxy) is 3. The number of nitro benzene ring substituents is 1. The number of aliphatic hydroxyl groups excluding tert-OH is 1. The zero-order valence-electron chi connectivity index (χ0n) is 32.5. The first kappa shape index (κ1) is 39.3. The van der Waals surface area contributed by atoms with Crippen LogP contribution in [0.2, 0.25) is 18.6 Å². The van der Waals surface area contributed by atoms with Crippen molar-refractivity contribution < 1.29 is 33.8 Å². The van der Waals surface area contributed by atoms with Crippen molar-refractivity contribution in [3.63, 3.8) is 0 Å². The molecule has 0 saturated carbocycles. The van der Waals surface area contributed by atoms with E-state index in [1.807, 2.05) is 37.4 Å². The Labute approximate surface area is 331 Å². The molecule has 0 bridgehead atoms. The average molecular weight is 791 g/mol. The van der Waals surface area contributed by atoms with Gasteiger partial charge in [-0.1, -0.05) is 54.7 Å². The molecule has 15 heteroatoms. The Bertz CT molecular complexity index is 2260. The van der Waals surface area contributed by atoms with Gasteiger partial charge in [0, 0.05) is 60.6 Å². The van der Waals surface area contributed by atoms with Crippen LogP contribution in [-0.4, -0.2) is 71.8 Å². The molecule has 2 amide bonds. The summed E-state index contributed by atoms with van der Waals surface area (Å²) in [4.78, 5) is 41.5. The van der Waals surface area contributed by atoms with Crippen LogP contribution < -0.4 is 24.9 Å². The molecule has 2 aliphatic rings. The summed E-state index contributed by atoms with van der Waals surface area (Å²) in [5.41, 5.74) is 1.85. The predicted octanol–water partition coefficient (Wildman–Crippen LogP) is 5.84. The molecular weight excluding hydrogens is 745 g/mol. The van der Waals surface area contributed by atoms with Gasteiger partial charge in [-0.15, -0.1) is 5.10 Å². The molecule has 296 valence electrons. The van der Waals surface area contributed by atoms with E-state index in [2.05, 4.69) is 40.9 Å². The minimum absolute atomic E-state index is 0.0381. The summed E-state index contributed by atoms with van der Waals surface area (Å²) in [6.45, 7) is 7.19. The first-order valence-corrected chi connectivity index (χ1v) is 21.9. The Morgan fingerprint density at radius 2 is 1.67 bits per heavy atom. The highest BCUT2D eigenvalue weighted by Gasteiger charge is 2.66. The molecule has 2 aliphatic heterocycles. The molecule has 1 spiro atoms. The molecule has 2 N–H and O–H groups in total. The summed E-state index contributed by atoms with van der Waals surface area (Å²) in [6.07, 6.45) is 2.29. The van der Waals surface area contributed by atoms with Crippen molar-refractivity contribution in [3.05, 3.63) is 130 Å². The van der Waals surface area contributed by atoms with E-state index in [1.165, 1.54) is 12.1 Å². The quantitative estimate of drug-likeness (QED) is 0.0791. The fourth-order valence-electron chi connectivity index (χ4n) is 8.60. The van der Waals surface area contributed by atoms with Crippen molar-refractivity contribution in [2.24, 2.45) is 5.92 Å². The third-order valence-corrected chi connectivity index (χ3v) is 15.9. The van der Waals surface area contributed by atoms with Crippen LogP contribution in [0.5, 0.6) is 11.5 Å². The molecule has 4 aromatic carbocycles. The van der Waals surface area contributed by atoms with Gasteiger partial charge in [0.15, 0.2) is 5.60 Å². The molecule has 3 heterocycles. The lowest BCUT2D eigenvalue weighted by Crippen LogP contribution is -2.51. The predicted molar refractivity (Wildman–Crippen MR) is 217 cm³/mol. The number of benzene rings is 4. The maximum absolute atomic E-state index is 15.2. The molecule has 14 nitrogen and oxygen atoms in total. The number of rotatable bonds is 14. The van der Waals surface area contributed by atoms with Gasteiger partial charge < -0.3 is 29.5 Å². The summed E-state index contributed by atoms with van der Waals surface area (Å²) in [5.74, 6) is 0.468. The van der Waals surface area contributed by atoms with Crippen molar-refractivity contribution in [2.75, 3.05) is 31.0 Å². The number of hydrogen-bond acceptors (Lipinski definition) is 10. The van der Waals surface area contributed by atoms with Gasteiger partial charge >= 0.3 is 0 Å². The summed E-state index contributed by atoms with van der Waals surface area (Å²) in [6, 6.07) is 26.7. The summed E-state index contributed by atoms with van der Waals surface area (Å²) < 4.78 is 19.5. The van der Waals surface area contributed by atoms with E-state index in [-0.39, 0.29) is 42.1 Å². The number of anilines is 2. The van der Waals surface area contributed by atoms with Crippen molar-refractivity contribution in [2.45, 2.75) is 63.2 Å². The minimum atomic E-state index is -2.48. The smallest absolute Gasteiger partial charge is 0.269 e. The van der Waals surface area contributed by atoms with Crippen molar-refractivity contribution in [3.8, 4) is 11.5 Å². The van der Waals surface area contributed by atoms with Gasteiger partial charge in [0.1, 0.15) is 11.5 Å². The third-order valence-electron chi connectivity index (χ3n) is 11.5. The molecule has 5 aromatic rings. The van der Waals surface area contributed by atoms with Crippen LogP contribution in [0.3, 0.4) is 0 Å². The highest BCUT2D eigenvalue weighted by Crippen LogP contribution is 2.60. The number of aliphatic hydroxyl groups is 1. The van der Waals surface area contributed by atoms with Gasteiger partial charge in [-0.05, 0) is 72.1 Å². The van der Waals surface area contributed by atoms with Crippen LogP contribution in [0.25, 0.3) is 0 Å². The molecule has 4 atom stereocenters. The van der Waals surface area contributed by atoms with E-state index in [9.17, 15) is 20.0 Å². The fraction of sp³-hybridized carbons (Fsp3) is 0.333. The number of non-ortho nitro benzene ring substituents is 1. The Morgan fingerprint density at radius 1 is 1.00 bits per heavy atom. The summed E-state index contributed by atoms with van der Waals surface area (Å²) in [5, 5.41) is 34.1. The Kier molecular flexibility index (Phi) is 11.0. The molecule has 0 aliphatic carbocycles. The zero-order valence-corrected chi connectivity index (χ0v) is 33.5. The minimum Gasteiger partial charge on any atom is -0.497 e. The first-order valence-electron chi connectivity index (χ1n) is 18.9. The largest absolute Gasteiger partial charge is 0.497 e. The number of aromatic nitrogens is 3. The second-order valence-electron chi connectivity index (χ2n) is 15.1.